The predicted molar refractivity (Wildman–Crippen MR) is 58.7 cm³/mol. The standard InChI is InChI=1S/C10H8N3OS/c1-7-6-15-10-11-13(14)9-5-3-2-4-8(9)12(7)10/h2-6H,1H3/q+1. The smallest absolute Gasteiger partial charge is 0.278 e. The van der Waals surface area contributed by atoms with E-state index in [1.807, 2.05) is 34.9 Å². The summed E-state index contributed by atoms with van der Waals surface area (Å²) in [6.45, 7) is 2.01. The molecule has 2 aromatic heterocycles. The van der Waals surface area contributed by atoms with Crippen molar-refractivity contribution < 1.29 is 4.54 Å². The lowest BCUT2D eigenvalue weighted by molar-refractivity contribution is -0.533. The molecule has 4 nitrogen and oxygen atoms in total. The van der Waals surface area contributed by atoms with Crippen molar-refractivity contribution in [1.29, 1.82) is 0 Å². The van der Waals surface area contributed by atoms with E-state index in [4.69, 9.17) is 0 Å². The van der Waals surface area contributed by atoms with Crippen molar-refractivity contribution >= 4 is 27.3 Å². The fourth-order valence-corrected chi connectivity index (χ4v) is 2.55. The summed E-state index contributed by atoms with van der Waals surface area (Å²) in [5, 5.41) is 5.96. The Labute approximate surface area is 89.0 Å². The lowest BCUT2D eigenvalue weighted by atomic mass is 10.3. The van der Waals surface area contributed by atoms with Crippen LogP contribution in [0.5, 0.6) is 0 Å². The van der Waals surface area contributed by atoms with Crippen LogP contribution in [0.15, 0.2) is 29.6 Å². The van der Waals surface area contributed by atoms with Gasteiger partial charge in [0.15, 0.2) is 4.54 Å². The molecule has 3 aromatic rings. The van der Waals surface area contributed by atoms with Crippen molar-refractivity contribution in [3.63, 3.8) is 0 Å². The van der Waals surface area contributed by atoms with Crippen molar-refractivity contribution in [1.82, 2.24) is 9.50 Å². The van der Waals surface area contributed by atoms with Crippen LogP contribution in [0.2, 0.25) is 0 Å². The zero-order chi connectivity index (χ0) is 10.4. The molecule has 0 fully saturated rings. The third-order valence-electron chi connectivity index (χ3n) is 2.38. The molecule has 3 rings (SSSR count). The molecule has 0 unspecified atom stereocenters. The second kappa shape index (κ2) is 2.87. The topological polar surface area (TPSA) is 40.3 Å². The first kappa shape index (κ1) is 8.55. The summed E-state index contributed by atoms with van der Waals surface area (Å²) in [7, 11) is 0. The van der Waals surface area contributed by atoms with Gasteiger partial charge in [-0.15, -0.1) is 0 Å². The first-order chi connectivity index (χ1) is 7.27. The Morgan fingerprint density at radius 3 is 3.07 bits per heavy atom. The molecule has 0 aliphatic carbocycles. The summed E-state index contributed by atoms with van der Waals surface area (Å²) in [4.78, 5) is 12.3. The maximum atomic E-state index is 11.6. The lowest BCUT2D eigenvalue weighted by Crippen LogP contribution is -2.21. The third kappa shape index (κ3) is 1.10. The number of thiazole rings is 1. The minimum Gasteiger partial charge on any atom is -0.278 e. The highest BCUT2D eigenvalue weighted by molar-refractivity contribution is 7.15. The number of benzene rings is 1. The number of aromatic nitrogens is 3. The summed E-state index contributed by atoms with van der Waals surface area (Å²) >= 11 is 1.47. The van der Waals surface area contributed by atoms with Crippen LogP contribution in [-0.2, 0) is 0 Å². The largest absolute Gasteiger partial charge is 0.318 e. The van der Waals surface area contributed by atoms with Crippen molar-refractivity contribution in [3.05, 3.63) is 40.2 Å². The predicted octanol–water partition coefficient (Wildman–Crippen LogP) is 1.77. The van der Waals surface area contributed by atoms with Gasteiger partial charge in [0.25, 0.3) is 4.96 Å². The molecule has 5 heteroatoms. The summed E-state index contributed by atoms with van der Waals surface area (Å²) < 4.78 is 2.68. The molecule has 0 atom stereocenters. The number of fused-ring (bicyclic) bond motifs is 3. The molecule has 0 amide bonds. The normalized spacial score (nSPS) is 11.3. The van der Waals surface area contributed by atoms with E-state index in [1.165, 1.54) is 11.3 Å². The van der Waals surface area contributed by atoms with Gasteiger partial charge in [0.1, 0.15) is 5.52 Å². The number of rotatable bonds is 0. The Morgan fingerprint density at radius 1 is 1.40 bits per heavy atom. The summed E-state index contributed by atoms with van der Waals surface area (Å²) in [5.41, 5.74) is 2.59. The van der Waals surface area contributed by atoms with E-state index in [-0.39, 0.29) is 0 Å². The van der Waals surface area contributed by atoms with E-state index >= 15 is 0 Å². The van der Waals surface area contributed by atoms with E-state index in [9.17, 15) is 4.91 Å². The molecule has 2 heterocycles. The van der Waals surface area contributed by atoms with Crippen LogP contribution >= 0.6 is 11.3 Å². The molecule has 0 radical (unpaired) electrons. The molecule has 74 valence electrons. The molecule has 0 aliphatic rings. The number of para-hydroxylation sites is 2. The highest BCUT2D eigenvalue weighted by Crippen LogP contribution is 2.17. The highest BCUT2D eigenvalue weighted by Gasteiger charge is 2.14. The maximum Gasteiger partial charge on any atom is 0.318 e. The Kier molecular flexibility index (Phi) is 1.63. The minimum atomic E-state index is 0.594. The summed E-state index contributed by atoms with van der Waals surface area (Å²) in [6.07, 6.45) is 0. The van der Waals surface area contributed by atoms with Crippen LogP contribution in [0.3, 0.4) is 0 Å². The Bertz CT molecular complexity index is 713. The van der Waals surface area contributed by atoms with Crippen molar-refractivity contribution in [2.24, 2.45) is 0 Å². The van der Waals surface area contributed by atoms with Crippen LogP contribution < -0.4 is 4.54 Å². The van der Waals surface area contributed by atoms with Crippen LogP contribution in [0, 0.1) is 11.8 Å². The molecule has 0 aliphatic heterocycles. The van der Waals surface area contributed by atoms with E-state index in [1.54, 1.807) is 6.07 Å². The zero-order valence-electron chi connectivity index (χ0n) is 8.04. The van der Waals surface area contributed by atoms with E-state index in [2.05, 4.69) is 5.10 Å². The Morgan fingerprint density at radius 2 is 2.20 bits per heavy atom. The molecule has 0 N–H and O–H groups in total. The minimum absolute atomic E-state index is 0.594. The zero-order valence-corrected chi connectivity index (χ0v) is 8.86. The van der Waals surface area contributed by atoms with Crippen LogP contribution in [0.1, 0.15) is 5.69 Å². The van der Waals surface area contributed by atoms with Crippen molar-refractivity contribution in [3.8, 4) is 0 Å². The lowest BCUT2D eigenvalue weighted by Gasteiger charge is -1.95. The van der Waals surface area contributed by atoms with Crippen molar-refractivity contribution in [2.75, 3.05) is 0 Å². The van der Waals surface area contributed by atoms with Gasteiger partial charge in [0, 0.05) is 17.1 Å². The number of hydrogen-bond acceptors (Lipinski definition) is 3. The van der Waals surface area contributed by atoms with Gasteiger partial charge in [-0.05, 0) is 13.0 Å². The van der Waals surface area contributed by atoms with Crippen LogP contribution in [0.25, 0.3) is 16.0 Å². The Hall–Kier alpha value is -1.75. The molecule has 1 aromatic carbocycles. The van der Waals surface area contributed by atoms with E-state index in [0.29, 0.717) is 10.1 Å². The van der Waals surface area contributed by atoms with Gasteiger partial charge in [-0.2, -0.15) is 0 Å². The fourth-order valence-electron chi connectivity index (χ4n) is 1.70. The molecule has 15 heavy (non-hydrogen) atoms. The van der Waals surface area contributed by atoms with Gasteiger partial charge in [0.05, 0.1) is 10.0 Å². The molecule has 0 spiro atoms. The van der Waals surface area contributed by atoms with Crippen molar-refractivity contribution in [2.45, 2.75) is 6.92 Å². The quantitative estimate of drug-likeness (QED) is 0.539. The van der Waals surface area contributed by atoms with E-state index < -0.39 is 0 Å². The average molecular weight is 218 g/mol. The van der Waals surface area contributed by atoms with Crippen LogP contribution in [-0.4, -0.2) is 9.50 Å². The van der Waals surface area contributed by atoms with Gasteiger partial charge < -0.3 is 0 Å². The third-order valence-corrected chi connectivity index (χ3v) is 3.32. The van der Waals surface area contributed by atoms with Gasteiger partial charge >= 0.3 is 5.52 Å². The summed E-state index contributed by atoms with van der Waals surface area (Å²) in [6, 6.07) is 7.47. The number of aryl methyl sites for hydroxylation is 1. The molecule has 0 saturated carbocycles. The highest BCUT2D eigenvalue weighted by atomic mass is 32.1. The first-order valence-corrected chi connectivity index (χ1v) is 5.44. The second-order valence-corrected chi connectivity index (χ2v) is 4.19. The summed E-state index contributed by atoms with van der Waals surface area (Å²) in [5.74, 6) is 0. The van der Waals surface area contributed by atoms with E-state index in [0.717, 1.165) is 16.2 Å². The maximum absolute atomic E-state index is 11.6. The number of nitrogens with zero attached hydrogens (tertiary/aromatic N) is 3. The van der Waals surface area contributed by atoms with Gasteiger partial charge in [0.2, 0.25) is 0 Å². The fraction of sp³-hybridized carbons (Fsp3) is 0.100. The van der Waals surface area contributed by atoms with Gasteiger partial charge in [-0.3, -0.25) is 4.40 Å². The van der Waals surface area contributed by atoms with Gasteiger partial charge in [-0.25, -0.2) is 0 Å². The molecule has 0 bridgehead atoms. The SMILES string of the molecule is Cc1csc2n[n+](=O)c3ccccc3n12. The monoisotopic (exact) mass is 218 g/mol. The first-order valence-electron chi connectivity index (χ1n) is 4.56. The molecular formula is C10H8N3OS+. The molecular weight excluding hydrogens is 210 g/mol. The van der Waals surface area contributed by atoms with Crippen LogP contribution in [0.4, 0.5) is 0 Å². The molecule has 0 saturated heterocycles. The van der Waals surface area contributed by atoms with Gasteiger partial charge in [-0.1, -0.05) is 23.5 Å². The Balaban J connectivity index is 2.74. The number of hydrogen-bond donors (Lipinski definition) is 0. The average Bonchev–Trinajstić information content (AvgIpc) is 2.61. The second-order valence-electron chi connectivity index (χ2n) is 3.36.